The second-order valence-electron chi connectivity index (χ2n) is 3.45. The smallest absolute Gasteiger partial charge is 0.0701 e. The van der Waals surface area contributed by atoms with Crippen molar-refractivity contribution in [1.82, 2.24) is 0 Å². The SMILES string of the molecule is CCCCCNc1ccccc1CO. The van der Waals surface area contributed by atoms with Gasteiger partial charge in [-0.2, -0.15) is 0 Å². The van der Waals surface area contributed by atoms with E-state index >= 15 is 0 Å². The first-order chi connectivity index (χ1) is 6.88. The van der Waals surface area contributed by atoms with Crippen LogP contribution in [0.5, 0.6) is 0 Å². The molecule has 0 aromatic heterocycles. The van der Waals surface area contributed by atoms with Gasteiger partial charge in [0.2, 0.25) is 0 Å². The van der Waals surface area contributed by atoms with Gasteiger partial charge in [0.1, 0.15) is 0 Å². The standard InChI is InChI=1S/C12H19NO/c1-2-3-6-9-13-12-8-5-4-7-11(12)10-14/h4-5,7-8,13-14H,2-3,6,9-10H2,1H3. The molecule has 2 heteroatoms. The third-order valence-corrected chi connectivity index (χ3v) is 2.28. The van der Waals surface area contributed by atoms with Gasteiger partial charge in [-0.1, -0.05) is 38.0 Å². The summed E-state index contributed by atoms with van der Waals surface area (Å²) in [5.74, 6) is 0. The van der Waals surface area contributed by atoms with Gasteiger partial charge in [0, 0.05) is 17.8 Å². The normalized spacial score (nSPS) is 10.1. The summed E-state index contributed by atoms with van der Waals surface area (Å²) in [4.78, 5) is 0. The molecule has 0 amide bonds. The molecule has 0 radical (unpaired) electrons. The van der Waals surface area contributed by atoms with Crippen molar-refractivity contribution in [2.24, 2.45) is 0 Å². The van der Waals surface area contributed by atoms with E-state index < -0.39 is 0 Å². The van der Waals surface area contributed by atoms with Gasteiger partial charge in [-0.15, -0.1) is 0 Å². The highest BCUT2D eigenvalue weighted by Crippen LogP contribution is 2.14. The van der Waals surface area contributed by atoms with Crippen molar-refractivity contribution < 1.29 is 5.11 Å². The van der Waals surface area contributed by atoms with Crippen LogP contribution in [0.25, 0.3) is 0 Å². The Kier molecular flexibility index (Phi) is 5.08. The van der Waals surface area contributed by atoms with E-state index in [9.17, 15) is 0 Å². The Bertz CT molecular complexity index is 260. The quantitative estimate of drug-likeness (QED) is 0.681. The third kappa shape index (κ3) is 3.38. The second-order valence-corrected chi connectivity index (χ2v) is 3.45. The summed E-state index contributed by atoms with van der Waals surface area (Å²) >= 11 is 0. The summed E-state index contributed by atoms with van der Waals surface area (Å²) in [5, 5.41) is 12.4. The highest BCUT2D eigenvalue weighted by atomic mass is 16.3. The predicted molar refractivity (Wildman–Crippen MR) is 60.4 cm³/mol. The molecule has 78 valence electrons. The Morgan fingerprint density at radius 1 is 1.21 bits per heavy atom. The van der Waals surface area contributed by atoms with Crippen LogP contribution in [-0.4, -0.2) is 11.7 Å². The molecule has 14 heavy (non-hydrogen) atoms. The maximum Gasteiger partial charge on any atom is 0.0701 e. The molecule has 0 bridgehead atoms. The first-order valence-corrected chi connectivity index (χ1v) is 5.31. The topological polar surface area (TPSA) is 32.3 Å². The van der Waals surface area contributed by atoms with Gasteiger partial charge in [0.15, 0.2) is 0 Å². The van der Waals surface area contributed by atoms with Gasteiger partial charge in [-0.25, -0.2) is 0 Å². The third-order valence-electron chi connectivity index (χ3n) is 2.28. The van der Waals surface area contributed by atoms with Crippen molar-refractivity contribution >= 4 is 5.69 Å². The van der Waals surface area contributed by atoms with E-state index in [0.717, 1.165) is 17.8 Å². The zero-order valence-electron chi connectivity index (χ0n) is 8.79. The van der Waals surface area contributed by atoms with Crippen molar-refractivity contribution in [3.8, 4) is 0 Å². The fraction of sp³-hybridized carbons (Fsp3) is 0.500. The molecule has 0 saturated carbocycles. The number of para-hydroxylation sites is 1. The minimum absolute atomic E-state index is 0.108. The Hall–Kier alpha value is -1.02. The Balaban J connectivity index is 2.41. The van der Waals surface area contributed by atoms with Gasteiger partial charge >= 0.3 is 0 Å². The molecule has 0 saturated heterocycles. The average Bonchev–Trinajstić information content (AvgIpc) is 2.25. The van der Waals surface area contributed by atoms with E-state index in [0.29, 0.717) is 0 Å². The molecule has 1 aromatic carbocycles. The molecular weight excluding hydrogens is 174 g/mol. The lowest BCUT2D eigenvalue weighted by molar-refractivity contribution is 0.282. The highest BCUT2D eigenvalue weighted by Gasteiger charge is 1.97. The van der Waals surface area contributed by atoms with Crippen LogP contribution in [0.3, 0.4) is 0 Å². The lowest BCUT2D eigenvalue weighted by Gasteiger charge is -2.09. The molecule has 0 aliphatic heterocycles. The molecule has 0 atom stereocenters. The van der Waals surface area contributed by atoms with Crippen LogP contribution in [0.15, 0.2) is 24.3 Å². The maximum absolute atomic E-state index is 9.08. The molecule has 0 spiro atoms. The number of nitrogens with one attached hydrogen (secondary N) is 1. The number of aliphatic hydroxyl groups excluding tert-OH is 1. The molecule has 2 N–H and O–H groups in total. The number of benzene rings is 1. The van der Waals surface area contributed by atoms with Crippen LogP contribution in [0, 0.1) is 0 Å². The second kappa shape index (κ2) is 6.44. The number of unbranched alkanes of at least 4 members (excludes halogenated alkanes) is 2. The Morgan fingerprint density at radius 3 is 2.71 bits per heavy atom. The first-order valence-electron chi connectivity index (χ1n) is 5.31. The lowest BCUT2D eigenvalue weighted by Crippen LogP contribution is -2.03. The van der Waals surface area contributed by atoms with Crippen LogP contribution >= 0.6 is 0 Å². The van der Waals surface area contributed by atoms with Crippen LogP contribution in [0.1, 0.15) is 31.7 Å². The van der Waals surface area contributed by atoms with Crippen molar-refractivity contribution in [2.75, 3.05) is 11.9 Å². The number of rotatable bonds is 6. The molecule has 0 aliphatic rings. The highest BCUT2D eigenvalue weighted by molar-refractivity contribution is 5.50. The predicted octanol–water partition coefficient (Wildman–Crippen LogP) is 2.78. The van der Waals surface area contributed by atoms with Gasteiger partial charge < -0.3 is 10.4 Å². The first kappa shape index (κ1) is 11.1. The molecular formula is C12H19NO. The van der Waals surface area contributed by atoms with Crippen LogP contribution in [0.4, 0.5) is 5.69 Å². The fourth-order valence-corrected chi connectivity index (χ4v) is 1.43. The summed E-state index contributed by atoms with van der Waals surface area (Å²) in [6, 6.07) is 7.89. The molecule has 0 fully saturated rings. The molecule has 1 aromatic rings. The average molecular weight is 193 g/mol. The fourth-order valence-electron chi connectivity index (χ4n) is 1.43. The largest absolute Gasteiger partial charge is 0.392 e. The Morgan fingerprint density at radius 2 is 2.00 bits per heavy atom. The van der Waals surface area contributed by atoms with Crippen LogP contribution in [-0.2, 0) is 6.61 Å². The Labute approximate surface area is 86.0 Å². The van der Waals surface area contributed by atoms with Crippen molar-refractivity contribution in [2.45, 2.75) is 32.8 Å². The summed E-state index contributed by atoms with van der Waals surface area (Å²) < 4.78 is 0. The van der Waals surface area contributed by atoms with Gasteiger partial charge in [0.05, 0.1) is 6.61 Å². The zero-order valence-corrected chi connectivity index (χ0v) is 8.79. The van der Waals surface area contributed by atoms with Crippen LogP contribution < -0.4 is 5.32 Å². The van der Waals surface area contributed by atoms with Crippen molar-refractivity contribution in [3.05, 3.63) is 29.8 Å². The van der Waals surface area contributed by atoms with E-state index in [1.807, 2.05) is 24.3 Å². The summed E-state index contributed by atoms with van der Waals surface area (Å²) in [6.07, 6.45) is 3.69. The molecule has 0 unspecified atom stereocenters. The van der Waals surface area contributed by atoms with Crippen LogP contribution in [0.2, 0.25) is 0 Å². The monoisotopic (exact) mass is 193 g/mol. The molecule has 0 heterocycles. The van der Waals surface area contributed by atoms with E-state index in [4.69, 9.17) is 5.11 Å². The number of hydrogen-bond acceptors (Lipinski definition) is 2. The molecule has 2 nitrogen and oxygen atoms in total. The summed E-state index contributed by atoms with van der Waals surface area (Å²) in [6.45, 7) is 3.30. The van der Waals surface area contributed by atoms with E-state index in [-0.39, 0.29) is 6.61 Å². The zero-order chi connectivity index (χ0) is 10.2. The maximum atomic E-state index is 9.08. The summed E-state index contributed by atoms with van der Waals surface area (Å²) in [5.41, 5.74) is 2.04. The van der Waals surface area contributed by atoms with E-state index in [1.165, 1.54) is 19.3 Å². The minimum Gasteiger partial charge on any atom is -0.392 e. The van der Waals surface area contributed by atoms with Crippen molar-refractivity contribution in [3.63, 3.8) is 0 Å². The minimum atomic E-state index is 0.108. The van der Waals surface area contributed by atoms with Gasteiger partial charge in [-0.05, 0) is 12.5 Å². The van der Waals surface area contributed by atoms with Crippen molar-refractivity contribution in [1.29, 1.82) is 0 Å². The summed E-state index contributed by atoms with van der Waals surface area (Å²) in [7, 11) is 0. The van der Waals surface area contributed by atoms with E-state index in [2.05, 4.69) is 12.2 Å². The van der Waals surface area contributed by atoms with E-state index in [1.54, 1.807) is 0 Å². The lowest BCUT2D eigenvalue weighted by atomic mass is 10.2. The molecule has 1 rings (SSSR count). The van der Waals surface area contributed by atoms with Gasteiger partial charge in [0.25, 0.3) is 0 Å². The number of aliphatic hydroxyl groups is 1. The number of anilines is 1. The van der Waals surface area contributed by atoms with Gasteiger partial charge in [-0.3, -0.25) is 0 Å². The number of hydrogen-bond donors (Lipinski definition) is 2. The molecule has 0 aliphatic carbocycles.